The number of halogens is 2. The molecule has 2 amide bonds. The molecular weight excluding hydrogens is 585 g/mol. The topological polar surface area (TPSA) is 96.0 Å². The summed E-state index contributed by atoms with van der Waals surface area (Å²) >= 11 is 12.3. The Bertz CT molecular complexity index is 1470. The van der Waals surface area contributed by atoms with Crippen molar-refractivity contribution in [3.8, 4) is 5.75 Å². The average Bonchev–Trinajstić information content (AvgIpc) is 2.96. The van der Waals surface area contributed by atoms with E-state index in [2.05, 4.69) is 5.32 Å². The lowest BCUT2D eigenvalue weighted by Gasteiger charge is -2.33. The Hall–Kier alpha value is -3.27. The highest BCUT2D eigenvalue weighted by atomic mass is 35.5. The summed E-state index contributed by atoms with van der Waals surface area (Å²) in [6, 6.07) is 17.0. The van der Waals surface area contributed by atoms with Crippen LogP contribution < -0.4 is 14.4 Å². The first-order chi connectivity index (χ1) is 19.5. The van der Waals surface area contributed by atoms with Gasteiger partial charge in [0.1, 0.15) is 18.3 Å². The molecule has 0 unspecified atom stereocenters. The molecule has 3 aromatic rings. The fraction of sp³-hybridized carbons (Fsp3) is 0.333. The third-order valence-electron chi connectivity index (χ3n) is 6.50. The zero-order valence-electron chi connectivity index (χ0n) is 23.6. The Balaban J connectivity index is 2.08. The highest BCUT2D eigenvalue weighted by molar-refractivity contribution is 7.92. The van der Waals surface area contributed by atoms with E-state index in [9.17, 15) is 18.0 Å². The molecule has 0 saturated heterocycles. The molecule has 8 nitrogen and oxygen atoms in total. The van der Waals surface area contributed by atoms with Gasteiger partial charge in [-0.15, -0.1) is 0 Å². The van der Waals surface area contributed by atoms with Crippen molar-refractivity contribution in [2.24, 2.45) is 0 Å². The van der Waals surface area contributed by atoms with Crippen LogP contribution in [0.3, 0.4) is 0 Å². The van der Waals surface area contributed by atoms with Crippen LogP contribution in [0.1, 0.15) is 37.8 Å². The minimum absolute atomic E-state index is 0.0182. The van der Waals surface area contributed by atoms with Gasteiger partial charge < -0.3 is 15.0 Å². The van der Waals surface area contributed by atoms with Crippen molar-refractivity contribution in [1.29, 1.82) is 0 Å². The fourth-order valence-electron chi connectivity index (χ4n) is 4.25. The summed E-state index contributed by atoms with van der Waals surface area (Å²) in [6.45, 7) is 5.50. The molecule has 1 atom stereocenters. The molecule has 0 heterocycles. The van der Waals surface area contributed by atoms with Crippen LogP contribution >= 0.6 is 23.2 Å². The van der Waals surface area contributed by atoms with E-state index in [1.54, 1.807) is 61.5 Å². The molecule has 0 radical (unpaired) electrons. The van der Waals surface area contributed by atoms with Gasteiger partial charge in [0, 0.05) is 19.2 Å². The van der Waals surface area contributed by atoms with Crippen molar-refractivity contribution in [1.82, 2.24) is 10.2 Å². The SMILES string of the molecule is CCCNC(=O)[C@H](CC)N(Cc1ccc(Cl)c(Cl)c1)C(=O)CN(c1cccc(OC)c1)S(=O)(=O)c1ccc(C)cc1. The molecule has 0 aliphatic rings. The van der Waals surface area contributed by atoms with Gasteiger partial charge in [-0.05, 0) is 61.7 Å². The number of nitrogens with zero attached hydrogens (tertiary/aromatic N) is 2. The number of anilines is 1. The second-order valence-corrected chi connectivity index (χ2v) is 12.2. The largest absolute Gasteiger partial charge is 0.497 e. The average molecular weight is 621 g/mol. The van der Waals surface area contributed by atoms with Gasteiger partial charge in [0.2, 0.25) is 11.8 Å². The van der Waals surface area contributed by atoms with Crippen LogP contribution in [0.25, 0.3) is 0 Å². The molecular formula is C30H35Cl2N3O5S. The molecule has 0 bridgehead atoms. The summed E-state index contributed by atoms with van der Waals surface area (Å²) in [6.07, 6.45) is 1.04. The van der Waals surface area contributed by atoms with Gasteiger partial charge in [0.25, 0.3) is 10.0 Å². The second-order valence-electron chi connectivity index (χ2n) is 9.51. The maximum atomic E-state index is 14.1. The van der Waals surface area contributed by atoms with Crippen LogP contribution in [0.5, 0.6) is 5.75 Å². The van der Waals surface area contributed by atoms with Crippen molar-refractivity contribution in [3.63, 3.8) is 0 Å². The summed E-state index contributed by atoms with van der Waals surface area (Å²) in [7, 11) is -2.71. The molecule has 1 N–H and O–H groups in total. The lowest BCUT2D eigenvalue weighted by molar-refractivity contribution is -0.140. The van der Waals surface area contributed by atoms with Gasteiger partial charge in [0.15, 0.2) is 0 Å². The van der Waals surface area contributed by atoms with Gasteiger partial charge in [0.05, 0.1) is 27.7 Å². The van der Waals surface area contributed by atoms with E-state index < -0.39 is 28.5 Å². The number of sulfonamides is 1. The number of carbonyl (C=O) groups is 2. The third-order valence-corrected chi connectivity index (χ3v) is 9.03. The maximum Gasteiger partial charge on any atom is 0.264 e. The number of ether oxygens (including phenoxy) is 1. The predicted molar refractivity (Wildman–Crippen MR) is 163 cm³/mol. The molecule has 0 aliphatic heterocycles. The fourth-order valence-corrected chi connectivity index (χ4v) is 5.98. The molecule has 3 aromatic carbocycles. The highest BCUT2D eigenvalue weighted by Gasteiger charge is 2.33. The van der Waals surface area contributed by atoms with Gasteiger partial charge in [-0.2, -0.15) is 0 Å². The predicted octanol–water partition coefficient (Wildman–Crippen LogP) is 5.84. The first-order valence-corrected chi connectivity index (χ1v) is 15.5. The van der Waals surface area contributed by atoms with Gasteiger partial charge in [-0.3, -0.25) is 13.9 Å². The van der Waals surface area contributed by atoms with E-state index in [0.29, 0.717) is 34.3 Å². The Labute approximate surface area is 252 Å². The second kappa shape index (κ2) is 14.6. The summed E-state index contributed by atoms with van der Waals surface area (Å²) in [4.78, 5) is 28.7. The number of aryl methyl sites for hydroxylation is 1. The van der Waals surface area contributed by atoms with Crippen LogP contribution in [0.2, 0.25) is 10.0 Å². The number of hydrogen-bond donors (Lipinski definition) is 1. The molecule has 3 rings (SSSR count). The lowest BCUT2D eigenvalue weighted by atomic mass is 10.1. The number of rotatable bonds is 13. The van der Waals surface area contributed by atoms with Gasteiger partial charge >= 0.3 is 0 Å². The van der Waals surface area contributed by atoms with Crippen molar-refractivity contribution in [2.75, 3.05) is 24.5 Å². The molecule has 0 aliphatic carbocycles. The molecule has 220 valence electrons. The number of amides is 2. The van der Waals surface area contributed by atoms with Crippen molar-refractivity contribution < 1.29 is 22.7 Å². The quantitative estimate of drug-likeness (QED) is 0.259. The third kappa shape index (κ3) is 8.15. The normalized spacial score (nSPS) is 12.0. The summed E-state index contributed by atoms with van der Waals surface area (Å²) in [5.74, 6) is -0.456. The van der Waals surface area contributed by atoms with E-state index in [0.717, 1.165) is 16.3 Å². The molecule has 0 spiro atoms. The number of nitrogens with one attached hydrogen (secondary N) is 1. The Morgan fingerprint density at radius 3 is 2.29 bits per heavy atom. The van der Waals surface area contributed by atoms with E-state index in [-0.39, 0.29) is 23.0 Å². The molecule has 0 aromatic heterocycles. The number of hydrogen-bond acceptors (Lipinski definition) is 5. The van der Waals surface area contributed by atoms with E-state index in [1.807, 2.05) is 13.8 Å². The number of carbonyl (C=O) groups excluding carboxylic acids is 2. The van der Waals surface area contributed by atoms with Gasteiger partial charge in [-0.25, -0.2) is 8.42 Å². The van der Waals surface area contributed by atoms with Crippen molar-refractivity contribution in [2.45, 2.75) is 51.1 Å². The Morgan fingerprint density at radius 2 is 1.68 bits per heavy atom. The molecule has 11 heteroatoms. The zero-order valence-corrected chi connectivity index (χ0v) is 25.9. The zero-order chi connectivity index (χ0) is 30.2. The molecule has 41 heavy (non-hydrogen) atoms. The first kappa shape index (κ1) is 32.2. The monoisotopic (exact) mass is 619 g/mol. The van der Waals surface area contributed by atoms with Crippen LogP contribution in [-0.4, -0.2) is 51.4 Å². The summed E-state index contributed by atoms with van der Waals surface area (Å²) in [5, 5.41) is 3.52. The lowest BCUT2D eigenvalue weighted by Crippen LogP contribution is -2.52. The van der Waals surface area contributed by atoms with E-state index in [4.69, 9.17) is 27.9 Å². The minimum Gasteiger partial charge on any atom is -0.497 e. The number of methoxy groups -OCH3 is 1. The molecule has 0 saturated carbocycles. The van der Waals surface area contributed by atoms with E-state index in [1.165, 1.54) is 24.1 Å². The minimum atomic E-state index is -4.19. The van der Waals surface area contributed by atoms with Gasteiger partial charge in [-0.1, -0.05) is 66.9 Å². The van der Waals surface area contributed by atoms with Crippen LogP contribution in [-0.2, 0) is 26.2 Å². The standard InChI is InChI=1S/C30H35Cl2N3O5S/c1-5-16-33-30(37)28(6-2)34(19-22-12-15-26(31)27(32)17-22)29(36)20-35(23-8-7-9-24(18-23)40-4)41(38,39)25-13-10-21(3)11-14-25/h7-15,17-18,28H,5-6,16,19-20H2,1-4H3,(H,33,37)/t28-/m0/s1. The van der Waals surface area contributed by atoms with E-state index >= 15 is 0 Å². The maximum absolute atomic E-state index is 14.1. The Morgan fingerprint density at radius 1 is 0.976 bits per heavy atom. The number of benzene rings is 3. The van der Waals surface area contributed by atoms with Crippen LogP contribution in [0, 0.1) is 6.92 Å². The van der Waals surface area contributed by atoms with Crippen molar-refractivity contribution in [3.05, 3.63) is 87.9 Å². The summed E-state index contributed by atoms with van der Waals surface area (Å²) < 4.78 is 34.3. The Kier molecular flexibility index (Phi) is 11.5. The van der Waals surface area contributed by atoms with Crippen LogP contribution in [0.15, 0.2) is 71.6 Å². The van der Waals surface area contributed by atoms with Crippen LogP contribution in [0.4, 0.5) is 5.69 Å². The smallest absolute Gasteiger partial charge is 0.264 e. The highest BCUT2D eigenvalue weighted by Crippen LogP contribution is 2.29. The summed E-state index contributed by atoms with van der Waals surface area (Å²) in [5.41, 5.74) is 1.78. The first-order valence-electron chi connectivity index (χ1n) is 13.3. The van der Waals surface area contributed by atoms with Crippen molar-refractivity contribution >= 4 is 50.7 Å². The molecule has 0 fully saturated rings.